The Hall–Kier alpha value is -3.19. The molecule has 0 bridgehead atoms. The number of carbonyl (C=O) groups excluding carboxylic acids is 1. The Labute approximate surface area is 221 Å². The van der Waals surface area contributed by atoms with Gasteiger partial charge in [-0.25, -0.2) is 14.8 Å². The lowest BCUT2D eigenvalue weighted by Crippen LogP contribution is -2.39. The molecule has 2 unspecified atom stereocenters. The van der Waals surface area contributed by atoms with Crippen LogP contribution < -0.4 is 0 Å². The minimum Gasteiger partial charge on any atom is -0.475 e. The number of aryl methyl sites for hydroxylation is 1. The van der Waals surface area contributed by atoms with Crippen LogP contribution in [-0.2, 0) is 22.7 Å². The van der Waals surface area contributed by atoms with Gasteiger partial charge in [-0.2, -0.15) is 13.2 Å². The van der Waals surface area contributed by atoms with Gasteiger partial charge in [0.25, 0.3) is 0 Å². The minimum atomic E-state index is -5.08. The number of hydrogen-bond acceptors (Lipinski definition) is 7. The van der Waals surface area contributed by atoms with Crippen LogP contribution in [0.25, 0.3) is 0 Å². The number of furan rings is 1. The van der Waals surface area contributed by atoms with Gasteiger partial charge in [0.2, 0.25) is 5.91 Å². The van der Waals surface area contributed by atoms with E-state index in [1.807, 2.05) is 30.3 Å². The lowest BCUT2D eigenvalue weighted by Gasteiger charge is -2.28. The van der Waals surface area contributed by atoms with Crippen LogP contribution >= 0.6 is 11.3 Å². The molecule has 1 N–H and O–H groups in total. The van der Waals surface area contributed by atoms with Gasteiger partial charge in [-0.3, -0.25) is 9.69 Å². The van der Waals surface area contributed by atoms with Crippen molar-refractivity contribution in [3.8, 4) is 0 Å². The Bertz CT molecular complexity index is 1260. The second-order valence-electron chi connectivity index (χ2n) is 9.93. The molecule has 2 fully saturated rings. The van der Waals surface area contributed by atoms with E-state index in [0.29, 0.717) is 19.1 Å². The Morgan fingerprint density at radius 3 is 2.63 bits per heavy atom. The molecule has 2 aliphatic heterocycles. The molecule has 2 aliphatic rings. The molecule has 38 heavy (non-hydrogen) atoms. The zero-order valence-electron chi connectivity index (χ0n) is 21.3. The third-order valence-electron chi connectivity index (χ3n) is 6.95. The van der Waals surface area contributed by atoms with Gasteiger partial charge in [0, 0.05) is 43.2 Å². The number of carboxylic acid groups (broad SMARTS) is 1. The van der Waals surface area contributed by atoms with Crippen molar-refractivity contribution in [2.24, 2.45) is 5.41 Å². The number of amides is 1. The normalized spacial score (nSPS) is 21.9. The summed E-state index contributed by atoms with van der Waals surface area (Å²) < 4.78 is 39.5. The number of alkyl halides is 3. The predicted octanol–water partition coefficient (Wildman–Crippen LogP) is 4.47. The number of hydrogen-bond donors (Lipinski definition) is 1. The SMILES string of the molecule is Cc1nc(CN2CCC3(CN(Cc4ccco4)CC3c3cn(C(C)C)cn3)C2=O)cs1.O=C(O)C(F)(F)F. The summed E-state index contributed by atoms with van der Waals surface area (Å²) in [7, 11) is 0. The second kappa shape index (κ2) is 10.9. The number of likely N-dealkylation sites (tertiary alicyclic amines) is 2. The summed E-state index contributed by atoms with van der Waals surface area (Å²) in [5.41, 5.74) is 1.57. The van der Waals surface area contributed by atoms with Crippen molar-refractivity contribution in [3.05, 3.63) is 58.5 Å². The van der Waals surface area contributed by atoms with Gasteiger partial charge >= 0.3 is 12.1 Å². The van der Waals surface area contributed by atoms with Crippen LogP contribution in [0.5, 0.6) is 0 Å². The van der Waals surface area contributed by atoms with Crippen molar-refractivity contribution in [1.82, 2.24) is 24.3 Å². The fourth-order valence-corrected chi connectivity index (χ4v) is 5.70. The molecule has 3 aromatic heterocycles. The number of rotatable bonds is 6. The first-order valence-electron chi connectivity index (χ1n) is 12.2. The van der Waals surface area contributed by atoms with Gasteiger partial charge in [-0.1, -0.05) is 0 Å². The highest BCUT2D eigenvalue weighted by atomic mass is 32.1. The van der Waals surface area contributed by atoms with E-state index in [1.54, 1.807) is 17.6 Å². The average Bonchev–Trinajstić information content (AvgIpc) is 3.65. The number of halogens is 3. The number of thiazole rings is 1. The van der Waals surface area contributed by atoms with E-state index in [9.17, 15) is 18.0 Å². The number of carboxylic acids is 1. The van der Waals surface area contributed by atoms with Gasteiger partial charge in [0.1, 0.15) is 5.76 Å². The van der Waals surface area contributed by atoms with Gasteiger partial charge in [-0.05, 0) is 39.3 Å². The van der Waals surface area contributed by atoms with Crippen molar-refractivity contribution in [1.29, 1.82) is 0 Å². The van der Waals surface area contributed by atoms with Crippen molar-refractivity contribution in [2.75, 3.05) is 19.6 Å². The second-order valence-corrected chi connectivity index (χ2v) is 11.0. The fraction of sp³-hybridized carbons (Fsp3) is 0.520. The Balaban J connectivity index is 0.000000426. The summed E-state index contributed by atoms with van der Waals surface area (Å²) >= 11 is 1.64. The minimum absolute atomic E-state index is 0.0807. The number of aromatic nitrogens is 3. The number of carbonyl (C=O) groups is 2. The first-order chi connectivity index (χ1) is 17.9. The maximum absolute atomic E-state index is 13.8. The highest BCUT2D eigenvalue weighted by Crippen LogP contribution is 2.50. The van der Waals surface area contributed by atoms with E-state index in [-0.39, 0.29) is 11.8 Å². The Kier molecular flexibility index (Phi) is 7.98. The molecule has 2 atom stereocenters. The van der Waals surface area contributed by atoms with E-state index in [2.05, 4.69) is 39.9 Å². The van der Waals surface area contributed by atoms with Crippen molar-refractivity contribution >= 4 is 23.2 Å². The molecule has 3 aromatic rings. The van der Waals surface area contributed by atoms with Gasteiger partial charge in [0.15, 0.2) is 0 Å². The largest absolute Gasteiger partial charge is 0.490 e. The van der Waals surface area contributed by atoms with Crippen molar-refractivity contribution < 1.29 is 32.3 Å². The van der Waals surface area contributed by atoms with E-state index in [1.165, 1.54) is 0 Å². The number of aliphatic carboxylic acids is 1. The topological polar surface area (TPSA) is 105 Å². The van der Waals surface area contributed by atoms with Crippen LogP contribution in [0.2, 0.25) is 0 Å². The zero-order valence-corrected chi connectivity index (χ0v) is 22.1. The molecular weight excluding hydrogens is 523 g/mol. The molecule has 1 amide bonds. The molecule has 206 valence electrons. The Morgan fingerprint density at radius 2 is 2.08 bits per heavy atom. The summed E-state index contributed by atoms with van der Waals surface area (Å²) in [6.07, 6.45) is 1.51. The Morgan fingerprint density at radius 1 is 1.34 bits per heavy atom. The molecule has 13 heteroatoms. The zero-order chi connectivity index (χ0) is 27.7. The molecule has 0 saturated carbocycles. The summed E-state index contributed by atoms with van der Waals surface area (Å²) in [4.78, 5) is 36.4. The van der Waals surface area contributed by atoms with Gasteiger partial charge in [0.05, 0.1) is 47.5 Å². The van der Waals surface area contributed by atoms with Crippen LogP contribution in [0.3, 0.4) is 0 Å². The standard InChI is InChI=1S/C23H29N5O2S.C2HF3O2/c1-16(2)28-12-21(24-15-28)20-11-26(10-19-5-4-8-30-19)14-23(20)6-7-27(22(23)29)9-18-13-31-17(3)25-18;3-2(4,5)1(6)7/h4-5,8,12-13,15-16,20H,6-7,9-11,14H2,1-3H3;(H,6,7). The molecule has 0 aliphatic carbocycles. The van der Waals surface area contributed by atoms with Crippen molar-refractivity contribution in [3.63, 3.8) is 0 Å². The summed E-state index contributed by atoms with van der Waals surface area (Å²) in [6.45, 7) is 9.93. The molecule has 2 saturated heterocycles. The van der Waals surface area contributed by atoms with Crippen LogP contribution in [0.1, 0.15) is 54.4 Å². The summed E-state index contributed by atoms with van der Waals surface area (Å²) in [5, 5.41) is 10.2. The predicted molar refractivity (Wildman–Crippen MR) is 132 cm³/mol. The van der Waals surface area contributed by atoms with Crippen LogP contribution in [0.15, 0.2) is 40.7 Å². The number of imidazole rings is 1. The highest BCUT2D eigenvalue weighted by Gasteiger charge is 2.57. The first-order valence-corrected chi connectivity index (χ1v) is 13.1. The van der Waals surface area contributed by atoms with E-state index in [4.69, 9.17) is 19.3 Å². The fourth-order valence-electron chi connectivity index (χ4n) is 5.10. The monoisotopic (exact) mass is 553 g/mol. The summed E-state index contributed by atoms with van der Waals surface area (Å²) in [6, 6.07) is 4.27. The number of nitrogens with zero attached hydrogens (tertiary/aromatic N) is 5. The summed E-state index contributed by atoms with van der Waals surface area (Å²) in [5.74, 6) is -1.50. The molecule has 0 aromatic carbocycles. The lowest BCUT2D eigenvalue weighted by molar-refractivity contribution is -0.192. The maximum Gasteiger partial charge on any atom is 0.490 e. The quantitative estimate of drug-likeness (QED) is 0.480. The molecule has 5 rings (SSSR count). The van der Waals surface area contributed by atoms with Gasteiger partial charge < -0.3 is 19.0 Å². The van der Waals surface area contributed by atoms with Gasteiger partial charge in [-0.15, -0.1) is 11.3 Å². The van der Waals surface area contributed by atoms with E-state index >= 15 is 0 Å². The first kappa shape index (κ1) is 27.8. The highest BCUT2D eigenvalue weighted by molar-refractivity contribution is 7.09. The van der Waals surface area contributed by atoms with Crippen LogP contribution in [0, 0.1) is 12.3 Å². The van der Waals surface area contributed by atoms with Crippen LogP contribution in [-0.4, -0.2) is 67.1 Å². The molecule has 0 radical (unpaired) electrons. The third kappa shape index (κ3) is 5.93. The molecule has 5 heterocycles. The lowest BCUT2D eigenvalue weighted by atomic mass is 9.75. The smallest absolute Gasteiger partial charge is 0.475 e. The van der Waals surface area contributed by atoms with E-state index < -0.39 is 17.6 Å². The van der Waals surface area contributed by atoms with Crippen molar-refractivity contribution in [2.45, 2.75) is 58.4 Å². The third-order valence-corrected chi connectivity index (χ3v) is 7.77. The molecule has 9 nitrogen and oxygen atoms in total. The molecule has 1 spiro atoms. The molecular formula is C25H30F3N5O4S. The van der Waals surface area contributed by atoms with E-state index in [0.717, 1.165) is 48.2 Å². The van der Waals surface area contributed by atoms with Crippen LogP contribution in [0.4, 0.5) is 13.2 Å². The average molecular weight is 554 g/mol. The maximum atomic E-state index is 13.8.